The van der Waals surface area contributed by atoms with E-state index >= 15 is 0 Å². The second-order valence-corrected chi connectivity index (χ2v) is 13.6. The zero-order valence-electron chi connectivity index (χ0n) is 27.3. The lowest BCUT2D eigenvalue weighted by Crippen LogP contribution is -2.14. The minimum absolute atomic E-state index is 0.122. The van der Waals surface area contributed by atoms with Crippen molar-refractivity contribution in [3.63, 3.8) is 0 Å². The fourth-order valence-electron chi connectivity index (χ4n) is 8.15. The molecule has 9 aromatic rings. The van der Waals surface area contributed by atoms with E-state index in [0.29, 0.717) is 17.5 Å². The largest absolute Gasteiger partial charge is 0.208 e. The Hall–Kier alpha value is -6.19. The molecule has 0 amide bonds. The minimum Gasteiger partial charge on any atom is -0.208 e. The topological polar surface area (TPSA) is 38.7 Å². The van der Waals surface area contributed by atoms with Crippen LogP contribution in [0.2, 0.25) is 0 Å². The molecule has 8 aromatic carbocycles. The normalized spacial score (nSPS) is 13.3. The van der Waals surface area contributed by atoms with Crippen molar-refractivity contribution in [1.29, 1.82) is 0 Å². The quantitative estimate of drug-likeness (QED) is 0.183. The van der Waals surface area contributed by atoms with Crippen LogP contribution in [0, 0.1) is 0 Å². The van der Waals surface area contributed by atoms with Crippen LogP contribution in [-0.4, -0.2) is 15.0 Å². The first-order valence-electron chi connectivity index (χ1n) is 16.9. The van der Waals surface area contributed by atoms with Gasteiger partial charge >= 0.3 is 0 Å². The maximum atomic E-state index is 5.34. The van der Waals surface area contributed by atoms with Crippen LogP contribution < -0.4 is 0 Å². The third-order valence-corrected chi connectivity index (χ3v) is 10.5. The van der Waals surface area contributed by atoms with Gasteiger partial charge in [0.15, 0.2) is 17.5 Å². The number of hydrogen-bond donors (Lipinski definition) is 0. The van der Waals surface area contributed by atoms with Crippen LogP contribution in [0.3, 0.4) is 0 Å². The molecule has 230 valence electrons. The summed E-state index contributed by atoms with van der Waals surface area (Å²) in [7, 11) is 0. The summed E-state index contributed by atoms with van der Waals surface area (Å²) in [5.41, 5.74) is 7.95. The molecular formula is C46H31N3. The van der Waals surface area contributed by atoms with Crippen molar-refractivity contribution in [2.75, 3.05) is 0 Å². The summed E-state index contributed by atoms with van der Waals surface area (Å²) in [4.78, 5) is 15.7. The Balaban J connectivity index is 1.26. The first-order chi connectivity index (χ1) is 24.1. The number of nitrogens with zero attached hydrogens (tertiary/aromatic N) is 3. The van der Waals surface area contributed by atoms with E-state index in [1.807, 2.05) is 18.2 Å². The molecule has 49 heavy (non-hydrogen) atoms. The van der Waals surface area contributed by atoms with Gasteiger partial charge < -0.3 is 0 Å². The molecule has 0 bridgehead atoms. The van der Waals surface area contributed by atoms with E-state index in [9.17, 15) is 0 Å². The average Bonchev–Trinajstić information content (AvgIpc) is 3.40. The summed E-state index contributed by atoms with van der Waals surface area (Å²) in [5, 5.41) is 9.75. The Morgan fingerprint density at radius 2 is 0.918 bits per heavy atom. The summed E-state index contributed by atoms with van der Waals surface area (Å²) >= 11 is 0. The maximum Gasteiger partial charge on any atom is 0.164 e. The molecule has 0 saturated carbocycles. The first-order valence-corrected chi connectivity index (χ1v) is 16.9. The van der Waals surface area contributed by atoms with Crippen molar-refractivity contribution in [2.45, 2.75) is 19.3 Å². The van der Waals surface area contributed by atoms with Gasteiger partial charge in [-0.3, -0.25) is 0 Å². The standard InChI is InChI=1S/C46H31N3/c1-46(2)39-20-9-8-17-36(39)42-38(19-11-21-40(42)46)45-48-43(30-13-4-3-5-14-30)47-44(49-45)37-18-10-15-29-23-25-34-33-24-22-28-12-6-7-16-31(28)32(33)26-27-35(34)41(29)37/h3-27H,1-2H3. The lowest BCUT2D eigenvalue weighted by molar-refractivity contribution is 0.660. The molecule has 0 saturated heterocycles. The smallest absolute Gasteiger partial charge is 0.164 e. The van der Waals surface area contributed by atoms with Gasteiger partial charge in [-0.15, -0.1) is 0 Å². The highest BCUT2D eigenvalue weighted by Crippen LogP contribution is 2.51. The molecule has 0 unspecified atom stereocenters. The molecule has 0 radical (unpaired) electrons. The highest BCUT2D eigenvalue weighted by Gasteiger charge is 2.37. The van der Waals surface area contributed by atoms with Crippen molar-refractivity contribution in [2.24, 2.45) is 0 Å². The van der Waals surface area contributed by atoms with Gasteiger partial charge in [-0.2, -0.15) is 0 Å². The van der Waals surface area contributed by atoms with Gasteiger partial charge in [0.25, 0.3) is 0 Å². The van der Waals surface area contributed by atoms with Crippen molar-refractivity contribution < 1.29 is 0 Å². The first kappa shape index (κ1) is 27.9. The van der Waals surface area contributed by atoms with Crippen molar-refractivity contribution in [1.82, 2.24) is 15.0 Å². The van der Waals surface area contributed by atoms with Gasteiger partial charge in [0.05, 0.1) is 0 Å². The Kier molecular flexibility index (Phi) is 5.92. The molecule has 0 fully saturated rings. The van der Waals surface area contributed by atoms with Crippen LogP contribution in [0.15, 0.2) is 152 Å². The van der Waals surface area contributed by atoms with Gasteiger partial charge in [0.1, 0.15) is 0 Å². The predicted octanol–water partition coefficient (Wildman–Crippen LogP) is 11.8. The van der Waals surface area contributed by atoms with Crippen LogP contribution in [0.4, 0.5) is 0 Å². The second-order valence-electron chi connectivity index (χ2n) is 13.6. The summed E-state index contributed by atoms with van der Waals surface area (Å²) in [6, 6.07) is 54.2. The molecule has 0 N–H and O–H groups in total. The molecule has 0 atom stereocenters. The van der Waals surface area contributed by atoms with E-state index in [-0.39, 0.29) is 5.41 Å². The molecule has 10 rings (SSSR count). The Morgan fingerprint density at radius 3 is 1.80 bits per heavy atom. The lowest BCUT2D eigenvalue weighted by atomic mass is 9.82. The molecule has 3 nitrogen and oxygen atoms in total. The highest BCUT2D eigenvalue weighted by molar-refractivity contribution is 6.24. The molecular weight excluding hydrogens is 595 g/mol. The Bertz CT molecular complexity index is 2800. The third-order valence-electron chi connectivity index (χ3n) is 10.5. The maximum absolute atomic E-state index is 5.34. The van der Waals surface area contributed by atoms with E-state index in [1.165, 1.54) is 54.6 Å². The van der Waals surface area contributed by atoms with Crippen LogP contribution in [-0.2, 0) is 5.41 Å². The summed E-state index contributed by atoms with van der Waals surface area (Å²) in [6.07, 6.45) is 0. The Morgan fingerprint density at radius 1 is 0.367 bits per heavy atom. The second kappa shape index (κ2) is 10.4. The highest BCUT2D eigenvalue weighted by atomic mass is 15.0. The Labute approximate surface area is 284 Å². The van der Waals surface area contributed by atoms with Gasteiger partial charge in [0.2, 0.25) is 0 Å². The summed E-state index contributed by atoms with van der Waals surface area (Å²) in [5.74, 6) is 2.02. The zero-order valence-corrected chi connectivity index (χ0v) is 27.3. The van der Waals surface area contributed by atoms with Gasteiger partial charge in [-0.25, -0.2) is 15.0 Å². The number of hydrogen-bond acceptors (Lipinski definition) is 3. The fraction of sp³-hybridized carbons (Fsp3) is 0.0652. The van der Waals surface area contributed by atoms with Crippen molar-refractivity contribution >= 4 is 43.1 Å². The van der Waals surface area contributed by atoms with Crippen LogP contribution in [0.1, 0.15) is 25.0 Å². The monoisotopic (exact) mass is 625 g/mol. The lowest BCUT2D eigenvalue weighted by Gasteiger charge is -2.21. The summed E-state index contributed by atoms with van der Waals surface area (Å²) in [6.45, 7) is 4.62. The SMILES string of the molecule is CC1(C)c2ccccc2-c2c(-c3nc(-c4ccccc4)nc(-c4cccc5ccc6c7ccc8ccccc8c7ccc6c45)n3)cccc21. The molecule has 1 heterocycles. The number of fused-ring (bicyclic) bond motifs is 10. The zero-order chi connectivity index (χ0) is 32.7. The van der Waals surface area contributed by atoms with Gasteiger partial charge in [-0.1, -0.05) is 166 Å². The van der Waals surface area contributed by atoms with Crippen LogP contribution in [0.25, 0.3) is 88.4 Å². The summed E-state index contributed by atoms with van der Waals surface area (Å²) < 4.78 is 0. The van der Waals surface area contributed by atoms with E-state index in [2.05, 4.69) is 147 Å². The molecule has 1 aromatic heterocycles. The molecule has 1 aliphatic rings. The molecule has 1 aliphatic carbocycles. The molecule has 0 spiro atoms. The van der Waals surface area contributed by atoms with Crippen LogP contribution >= 0.6 is 0 Å². The minimum atomic E-state index is -0.122. The van der Waals surface area contributed by atoms with Crippen LogP contribution in [0.5, 0.6) is 0 Å². The number of rotatable bonds is 3. The predicted molar refractivity (Wildman–Crippen MR) is 204 cm³/mol. The van der Waals surface area contributed by atoms with E-state index in [4.69, 9.17) is 15.0 Å². The van der Waals surface area contributed by atoms with Gasteiger partial charge in [-0.05, 0) is 60.0 Å². The number of aromatic nitrogens is 3. The van der Waals surface area contributed by atoms with Crippen molar-refractivity contribution in [3.05, 3.63) is 163 Å². The van der Waals surface area contributed by atoms with E-state index in [1.54, 1.807) is 0 Å². The third kappa shape index (κ3) is 4.12. The van der Waals surface area contributed by atoms with E-state index < -0.39 is 0 Å². The number of benzene rings is 8. The molecule has 3 heteroatoms. The fourth-order valence-corrected chi connectivity index (χ4v) is 8.15. The van der Waals surface area contributed by atoms with E-state index in [0.717, 1.165) is 27.5 Å². The van der Waals surface area contributed by atoms with Crippen molar-refractivity contribution in [3.8, 4) is 45.3 Å². The van der Waals surface area contributed by atoms with Gasteiger partial charge in [0, 0.05) is 27.5 Å². The molecule has 0 aliphatic heterocycles. The average molecular weight is 626 g/mol.